The van der Waals surface area contributed by atoms with Crippen LogP contribution in [0.4, 0.5) is 11.4 Å². The molecule has 24 heavy (non-hydrogen) atoms. The van der Waals surface area contributed by atoms with Gasteiger partial charge in [0.2, 0.25) is 0 Å². The number of para-hydroxylation sites is 1. The summed E-state index contributed by atoms with van der Waals surface area (Å²) in [5.41, 5.74) is 5.17. The van der Waals surface area contributed by atoms with Gasteiger partial charge in [0, 0.05) is 37.5 Å². The van der Waals surface area contributed by atoms with Gasteiger partial charge in [0.15, 0.2) is 0 Å². The molecule has 2 aromatic rings. The predicted molar refractivity (Wildman–Crippen MR) is 99.0 cm³/mol. The molecule has 0 amide bonds. The van der Waals surface area contributed by atoms with E-state index in [1.807, 2.05) is 6.07 Å². The minimum Gasteiger partial charge on any atom is -0.384 e. The van der Waals surface area contributed by atoms with Gasteiger partial charge in [-0.25, -0.2) is 0 Å². The number of hydrogen-bond donors (Lipinski definition) is 1. The third kappa shape index (κ3) is 4.24. The van der Waals surface area contributed by atoms with Gasteiger partial charge in [0.25, 0.3) is 5.69 Å². The summed E-state index contributed by atoms with van der Waals surface area (Å²) in [6.07, 6.45) is 1.90. The van der Waals surface area contributed by atoms with Crippen molar-refractivity contribution in [1.29, 1.82) is 0 Å². The summed E-state index contributed by atoms with van der Waals surface area (Å²) in [5.74, 6) is 0. The molecular weight excluding hydrogens is 326 g/mol. The maximum absolute atomic E-state index is 10.8. The van der Waals surface area contributed by atoms with E-state index in [4.69, 9.17) is 0 Å². The molecule has 0 aliphatic carbocycles. The Kier molecular flexibility index (Phi) is 6.17. The van der Waals surface area contributed by atoms with Crippen LogP contribution in [-0.2, 0) is 19.4 Å². The van der Waals surface area contributed by atoms with E-state index >= 15 is 0 Å². The van der Waals surface area contributed by atoms with Crippen LogP contribution in [0.25, 0.3) is 0 Å². The molecule has 0 unspecified atom stereocenters. The van der Waals surface area contributed by atoms with Crippen molar-refractivity contribution >= 4 is 23.8 Å². The number of nitro groups is 1. The van der Waals surface area contributed by atoms with Gasteiger partial charge in [-0.05, 0) is 36.6 Å². The number of nitro benzene ring substituents is 1. The number of likely N-dealkylation sites (N-methyl/N-ethyl adjacent to an activating group) is 1. The molecule has 0 atom stereocenters. The van der Waals surface area contributed by atoms with Crippen LogP contribution in [0.15, 0.2) is 42.5 Å². The lowest BCUT2D eigenvalue weighted by atomic mass is 10.1. The van der Waals surface area contributed by atoms with Gasteiger partial charge in [-0.15, -0.1) is 12.4 Å². The quantitative estimate of drug-likeness (QED) is 0.640. The molecule has 1 aliphatic heterocycles. The van der Waals surface area contributed by atoms with Gasteiger partial charge in [-0.2, -0.15) is 0 Å². The largest absolute Gasteiger partial charge is 0.384 e. The van der Waals surface area contributed by atoms with Crippen LogP contribution in [-0.4, -0.2) is 30.0 Å². The van der Waals surface area contributed by atoms with Crippen molar-refractivity contribution < 1.29 is 4.92 Å². The summed E-state index contributed by atoms with van der Waals surface area (Å²) in [5, 5.41) is 14.3. The van der Waals surface area contributed by atoms with E-state index in [1.54, 1.807) is 12.1 Å². The summed E-state index contributed by atoms with van der Waals surface area (Å²) >= 11 is 0. The minimum absolute atomic E-state index is 0. The number of anilines is 1. The molecule has 5 nitrogen and oxygen atoms in total. The van der Waals surface area contributed by atoms with Crippen LogP contribution in [0.2, 0.25) is 0 Å². The molecule has 0 saturated heterocycles. The number of nitrogens with zero attached hydrogens (tertiary/aromatic N) is 2. The van der Waals surface area contributed by atoms with Crippen molar-refractivity contribution in [1.82, 2.24) is 4.90 Å². The molecule has 6 heteroatoms. The van der Waals surface area contributed by atoms with E-state index in [1.165, 1.54) is 22.9 Å². The van der Waals surface area contributed by atoms with Crippen molar-refractivity contribution in [2.75, 3.05) is 25.5 Å². The van der Waals surface area contributed by atoms with E-state index in [-0.39, 0.29) is 23.0 Å². The molecule has 0 saturated carbocycles. The molecular formula is C18H22ClN3O2. The first-order valence-electron chi connectivity index (χ1n) is 7.90. The van der Waals surface area contributed by atoms with Gasteiger partial charge in [0.1, 0.15) is 0 Å². The van der Waals surface area contributed by atoms with Gasteiger partial charge in [-0.1, -0.05) is 30.3 Å². The zero-order chi connectivity index (χ0) is 16.2. The fraction of sp³-hybridized carbons (Fsp3) is 0.333. The number of benzene rings is 2. The molecule has 1 aliphatic rings. The van der Waals surface area contributed by atoms with Crippen molar-refractivity contribution in [3.05, 3.63) is 69.3 Å². The highest BCUT2D eigenvalue weighted by molar-refractivity contribution is 5.85. The Bertz CT molecular complexity index is 721. The molecule has 2 aromatic carbocycles. The fourth-order valence-corrected chi connectivity index (χ4v) is 3.06. The molecule has 128 valence electrons. The number of rotatable bonds is 6. The van der Waals surface area contributed by atoms with E-state index in [0.717, 1.165) is 38.0 Å². The SMILES string of the molecule is CN(CCc1cccc([N+](=O)[O-])c1)Cc1cccc2c1NCC2.Cl. The Labute approximate surface area is 148 Å². The zero-order valence-electron chi connectivity index (χ0n) is 13.7. The summed E-state index contributed by atoms with van der Waals surface area (Å²) in [7, 11) is 2.09. The third-order valence-corrected chi connectivity index (χ3v) is 4.28. The van der Waals surface area contributed by atoms with Crippen molar-refractivity contribution in [3.63, 3.8) is 0 Å². The molecule has 0 bridgehead atoms. The van der Waals surface area contributed by atoms with Crippen LogP contribution in [0.1, 0.15) is 16.7 Å². The fourth-order valence-electron chi connectivity index (χ4n) is 3.06. The number of fused-ring (bicyclic) bond motifs is 1. The lowest BCUT2D eigenvalue weighted by Gasteiger charge is -2.18. The monoisotopic (exact) mass is 347 g/mol. The minimum atomic E-state index is -0.341. The van der Waals surface area contributed by atoms with E-state index in [2.05, 4.69) is 35.5 Å². The summed E-state index contributed by atoms with van der Waals surface area (Å²) in [4.78, 5) is 12.7. The molecule has 1 N–H and O–H groups in total. The molecule has 0 radical (unpaired) electrons. The Morgan fingerprint density at radius 2 is 2.04 bits per heavy atom. The topological polar surface area (TPSA) is 58.4 Å². The van der Waals surface area contributed by atoms with Gasteiger partial charge in [-0.3, -0.25) is 10.1 Å². The summed E-state index contributed by atoms with van der Waals surface area (Å²) in [6, 6.07) is 13.4. The first-order chi connectivity index (χ1) is 11.1. The summed E-state index contributed by atoms with van der Waals surface area (Å²) < 4.78 is 0. The highest BCUT2D eigenvalue weighted by Gasteiger charge is 2.14. The van der Waals surface area contributed by atoms with Crippen LogP contribution in [0, 0.1) is 10.1 Å². The standard InChI is InChI=1S/C18H21N3O2.ClH/c1-20(11-9-14-4-2-7-17(12-14)21(22)23)13-16-6-3-5-15-8-10-19-18(15)16;/h2-7,12,19H,8-11,13H2,1H3;1H. The summed E-state index contributed by atoms with van der Waals surface area (Å²) in [6.45, 7) is 2.76. The number of halogens is 1. The Hall–Kier alpha value is -2.11. The zero-order valence-corrected chi connectivity index (χ0v) is 14.5. The Balaban J connectivity index is 0.00000208. The highest BCUT2D eigenvalue weighted by Crippen LogP contribution is 2.27. The lowest BCUT2D eigenvalue weighted by molar-refractivity contribution is -0.384. The number of hydrogen-bond acceptors (Lipinski definition) is 4. The average molecular weight is 348 g/mol. The van der Waals surface area contributed by atoms with Crippen LogP contribution >= 0.6 is 12.4 Å². The molecule has 1 heterocycles. The third-order valence-electron chi connectivity index (χ3n) is 4.28. The Morgan fingerprint density at radius 3 is 2.83 bits per heavy atom. The van der Waals surface area contributed by atoms with E-state index in [9.17, 15) is 10.1 Å². The normalized spacial score (nSPS) is 12.4. The first-order valence-corrected chi connectivity index (χ1v) is 7.90. The van der Waals surface area contributed by atoms with Crippen LogP contribution in [0.3, 0.4) is 0 Å². The molecule has 0 fully saturated rings. The average Bonchev–Trinajstić information content (AvgIpc) is 3.03. The lowest BCUT2D eigenvalue weighted by Crippen LogP contribution is -2.21. The molecule has 3 rings (SSSR count). The van der Waals surface area contributed by atoms with Crippen molar-refractivity contribution in [2.45, 2.75) is 19.4 Å². The van der Waals surface area contributed by atoms with Crippen LogP contribution < -0.4 is 5.32 Å². The second-order valence-electron chi connectivity index (χ2n) is 6.04. The first kappa shape index (κ1) is 18.2. The van der Waals surface area contributed by atoms with Gasteiger partial charge in [0.05, 0.1) is 4.92 Å². The predicted octanol–water partition coefficient (Wildman–Crippen LogP) is 3.66. The van der Waals surface area contributed by atoms with E-state index in [0.29, 0.717) is 0 Å². The second kappa shape index (κ2) is 8.13. The maximum Gasteiger partial charge on any atom is 0.269 e. The maximum atomic E-state index is 10.8. The van der Waals surface area contributed by atoms with Crippen molar-refractivity contribution in [3.8, 4) is 0 Å². The van der Waals surface area contributed by atoms with Gasteiger partial charge >= 0.3 is 0 Å². The number of non-ortho nitro benzene ring substituents is 1. The Morgan fingerprint density at radius 1 is 1.25 bits per heavy atom. The highest BCUT2D eigenvalue weighted by atomic mass is 35.5. The smallest absolute Gasteiger partial charge is 0.269 e. The molecule has 0 aromatic heterocycles. The number of nitrogens with one attached hydrogen (secondary N) is 1. The van der Waals surface area contributed by atoms with Crippen molar-refractivity contribution in [2.24, 2.45) is 0 Å². The van der Waals surface area contributed by atoms with Crippen LogP contribution in [0.5, 0.6) is 0 Å². The second-order valence-corrected chi connectivity index (χ2v) is 6.04. The van der Waals surface area contributed by atoms with E-state index < -0.39 is 0 Å². The molecule has 0 spiro atoms. The van der Waals surface area contributed by atoms with Gasteiger partial charge < -0.3 is 10.2 Å².